The lowest BCUT2D eigenvalue weighted by molar-refractivity contribution is 0.464. The lowest BCUT2D eigenvalue weighted by Crippen LogP contribution is -2.15. The molecule has 1 rings (SSSR count). The number of hydrogen-bond donors (Lipinski definition) is 1. The maximum Gasteiger partial charge on any atom is 0.180 e. The highest BCUT2D eigenvalue weighted by atomic mass is 16.3. The Balaban J connectivity index is 2.04. The van der Waals surface area contributed by atoms with E-state index in [0.717, 1.165) is 24.8 Å². The molecule has 0 radical (unpaired) electrons. The van der Waals surface area contributed by atoms with Gasteiger partial charge in [-0.3, -0.25) is 0 Å². The van der Waals surface area contributed by atoms with Gasteiger partial charge in [-0.2, -0.15) is 0 Å². The molecule has 0 spiro atoms. The summed E-state index contributed by atoms with van der Waals surface area (Å²) in [5, 5.41) is 3.29. The van der Waals surface area contributed by atoms with Crippen LogP contribution in [0.15, 0.2) is 17.0 Å². The average molecular weight is 168 g/mol. The van der Waals surface area contributed by atoms with Gasteiger partial charge in [0.25, 0.3) is 0 Å². The summed E-state index contributed by atoms with van der Waals surface area (Å²) in [6.45, 7) is 6.26. The molecule has 0 aliphatic carbocycles. The molecule has 0 atom stereocenters. The van der Waals surface area contributed by atoms with E-state index in [1.54, 1.807) is 6.20 Å². The normalized spacial score (nSPS) is 10.9. The van der Waals surface area contributed by atoms with E-state index < -0.39 is 0 Å². The first-order valence-electron chi connectivity index (χ1n) is 4.37. The van der Waals surface area contributed by atoms with Gasteiger partial charge >= 0.3 is 0 Å². The highest BCUT2D eigenvalue weighted by Crippen LogP contribution is 1.98. The Morgan fingerprint density at radius 2 is 2.42 bits per heavy atom. The molecule has 1 N–H and O–H groups in total. The SMILES string of the molecule is CC(C)CCNCc1cnco1. The van der Waals surface area contributed by atoms with E-state index >= 15 is 0 Å². The molecule has 0 amide bonds. The molecule has 0 saturated heterocycles. The van der Waals surface area contributed by atoms with Crippen molar-refractivity contribution < 1.29 is 4.42 Å². The zero-order valence-electron chi connectivity index (χ0n) is 7.71. The maximum atomic E-state index is 5.07. The Labute approximate surface area is 73.2 Å². The van der Waals surface area contributed by atoms with E-state index in [-0.39, 0.29) is 0 Å². The van der Waals surface area contributed by atoms with Crippen LogP contribution in [0.3, 0.4) is 0 Å². The van der Waals surface area contributed by atoms with Crippen molar-refractivity contribution in [1.29, 1.82) is 0 Å². The predicted octanol–water partition coefficient (Wildman–Crippen LogP) is 1.81. The Morgan fingerprint density at radius 3 is 3.00 bits per heavy atom. The van der Waals surface area contributed by atoms with Gasteiger partial charge in [-0.15, -0.1) is 0 Å². The summed E-state index contributed by atoms with van der Waals surface area (Å²) in [4.78, 5) is 3.83. The molecular weight excluding hydrogens is 152 g/mol. The molecule has 0 unspecified atom stereocenters. The molecule has 68 valence electrons. The van der Waals surface area contributed by atoms with Gasteiger partial charge < -0.3 is 9.73 Å². The lowest BCUT2D eigenvalue weighted by Gasteiger charge is -2.04. The van der Waals surface area contributed by atoms with Gasteiger partial charge in [-0.05, 0) is 18.9 Å². The number of nitrogens with one attached hydrogen (secondary N) is 1. The first-order valence-corrected chi connectivity index (χ1v) is 4.37. The fourth-order valence-electron chi connectivity index (χ4n) is 0.932. The predicted molar refractivity (Wildman–Crippen MR) is 47.7 cm³/mol. The molecule has 3 nitrogen and oxygen atoms in total. The molecule has 12 heavy (non-hydrogen) atoms. The summed E-state index contributed by atoms with van der Waals surface area (Å²) in [6, 6.07) is 0. The van der Waals surface area contributed by atoms with Gasteiger partial charge in [0, 0.05) is 0 Å². The fourth-order valence-corrected chi connectivity index (χ4v) is 0.932. The molecule has 3 heteroatoms. The van der Waals surface area contributed by atoms with Crippen LogP contribution >= 0.6 is 0 Å². The minimum Gasteiger partial charge on any atom is -0.447 e. The molecular formula is C9H16N2O. The van der Waals surface area contributed by atoms with Gasteiger partial charge in [0.05, 0.1) is 12.7 Å². The second kappa shape index (κ2) is 4.93. The van der Waals surface area contributed by atoms with Crippen LogP contribution in [0, 0.1) is 5.92 Å². The van der Waals surface area contributed by atoms with Crippen molar-refractivity contribution in [3.05, 3.63) is 18.4 Å². The van der Waals surface area contributed by atoms with Crippen LogP contribution in [0.25, 0.3) is 0 Å². The number of rotatable bonds is 5. The topological polar surface area (TPSA) is 38.1 Å². The zero-order valence-corrected chi connectivity index (χ0v) is 7.71. The highest BCUT2D eigenvalue weighted by Gasteiger charge is 1.96. The van der Waals surface area contributed by atoms with Gasteiger partial charge in [0.15, 0.2) is 6.39 Å². The third kappa shape index (κ3) is 3.53. The lowest BCUT2D eigenvalue weighted by atomic mass is 10.1. The van der Waals surface area contributed by atoms with E-state index in [4.69, 9.17) is 4.42 Å². The van der Waals surface area contributed by atoms with E-state index in [1.165, 1.54) is 12.8 Å². The summed E-state index contributed by atoms with van der Waals surface area (Å²) in [7, 11) is 0. The monoisotopic (exact) mass is 168 g/mol. The molecule has 0 fully saturated rings. The second-order valence-corrected chi connectivity index (χ2v) is 3.33. The first kappa shape index (κ1) is 9.26. The van der Waals surface area contributed by atoms with Crippen molar-refractivity contribution >= 4 is 0 Å². The molecule has 0 bridgehead atoms. The number of hydrogen-bond acceptors (Lipinski definition) is 3. The van der Waals surface area contributed by atoms with Crippen molar-refractivity contribution in [3.8, 4) is 0 Å². The van der Waals surface area contributed by atoms with Crippen molar-refractivity contribution in [2.75, 3.05) is 6.54 Å². The van der Waals surface area contributed by atoms with Crippen LogP contribution in [-0.2, 0) is 6.54 Å². The van der Waals surface area contributed by atoms with E-state index in [1.807, 2.05) is 0 Å². The van der Waals surface area contributed by atoms with Gasteiger partial charge in [-0.1, -0.05) is 13.8 Å². The smallest absolute Gasteiger partial charge is 0.180 e. The van der Waals surface area contributed by atoms with Gasteiger partial charge in [0.1, 0.15) is 5.76 Å². The Kier molecular flexibility index (Phi) is 3.80. The van der Waals surface area contributed by atoms with E-state index in [9.17, 15) is 0 Å². The summed E-state index contributed by atoms with van der Waals surface area (Å²) >= 11 is 0. The van der Waals surface area contributed by atoms with Crippen LogP contribution in [0.4, 0.5) is 0 Å². The third-order valence-corrected chi connectivity index (χ3v) is 1.68. The average Bonchev–Trinajstić information content (AvgIpc) is 2.49. The number of aromatic nitrogens is 1. The second-order valence-electron chi connectivity index (χ2n) is 3.33. The van der Waals surface area contributed by atoms with Crippen LogP contribution in [0.5, 0.6) is 0 Å². The molecule has 0 aliphatic rings. The van der Waals surface area contributed by atoms with Crippen LogP contribution < -0.4 is 5.32 Å². The number of nitrogens with zero attached hydrogens (tertiary/aromatic N) is 1. The minimum absolute atomic E-state index is 0.757. The van der Waals surface area contributed by atoms with Crippen molar-refractivity contribution in [2.24, 2.45) is 5.92 Å². The molecule has 1 aromatic heterocycles. The quantitative estimate of drug-likeness (QED) is 0.681. The molecule has 1 heterocycles. The summed E-state index contributed by atoms with van der Waals surface area (Å²) < 4.78 is 5.07. The first-order chi connectivity index (χ1) is 5.79. The Morgan fingerprint density at radius 1 is 1.58 bits per heavy atom. The molecule has 0 aliphatic heterocycles. The number of oxazole rings is 1. The van der Waals surface area contributed by atoms with Crippen LogP contribution in [0.1, 0.15) is 26.0 Å². The van der Waals surface area contributed by atoms with Crippen LogP contribution in [0.2, 0.25) is 0 Å². The standard InChI is InChI=1S/C9H16N2O/c1-8(2)3-4-10-5-9-6-11-7-12-9/h6-8,10H,3-5H2,1-2H3. The summed E-state index contributed by atoms with van der Waals surface area (Å²) in [5.41, 5.74) is 0. The molecule has 0 aromatic carbocycles. The largest absolute Gasteiger partial charge is 0.447 e. The van der Waals surface area contributed by atoms with Crippen LogP contribution in [-0.4, -0.2) is 11.5 Å². The van der Waals surface area contributed by atoms with Crippen molar-refractivity contribution in [3.63, 3.8) is 0 Å². The van der Waals surface area contributed by atoms with Crippen molar-refractivity contribution in [1.82, 2.24) is 10.3 Å². The van der Waals surface area contributed by atoms with Crippen molar-refractivity contribution in [2.45, 2.75) is 26.8 Å². The summed E-state index contributed by atoms with van der Waals surface area (Å²) in [5.74, 6) is 1.66. The fraction of sp³-hybridized carbons (Fsp3) is 0.667. The Hall–Kier alpha value is -0.830. The van der Waals surface area contributed by atoms with Gasteiger partial charge in [-0.25, -0.2) is 4.98 Å². The zero-order chi connectivity index (χ0) is 8.81. The molecule has 1 aromatic rings. The molecule has 0 saturated carbocycles. The maximum absolute atomic E-state index is 5.07. The Bertz CT molecular complexity index is 194. The third-order valence-electron chi connectivity index (χ3n) is 1.68. The van der Waals surface area contributed by atoms with E-state index in [0.29, 0.717) is 0 Å². The highest BCUT2D eigenvalue weighted by molar-refractivity contribution is 4.86. The summed E-state index contributed by atoms with van der Waals surface area (Å²) in [6.07, 6.45) is 4.40. The van der Waals surface area contributed by atoms with E-state index in [2.05, 4.69) is 24.1 Å². The van der Waals surface area contributed by atoms with Gasteiger partial charge in [0.2, 0.25) is 0 Å². The minimum atomic E-state index is 0.757.